The summed E-state index contributed by atoms with van der Waals surface area (Å²) in [6.45, 7) is 9.22. The van der Waals surface area contributed by atoms with Crippen LogP contribution in [0, 0.1) is 0 Å². The average molecular weight is 425 g/mol. The van der Waals surface area contributed by atoms with E-state index in [4.69, 9.17) is 4.74 Å². The number of rotatable bonds is 5. The van der Waals surface area contributed by atoms with Crippen LogP contribution in [0.2, 0.25) is 0 Å². The molecule has 2 aliphatic heterocycles. The van der Waals surface area contributed by atoms with E-state index in [0.717, 1.165) is 45.3 Å². The summed E-state index contributed by atoms with van der Waals surface area (Å²) in [5, 5.41) is 6.84. The molecule has 0 aromatic rings. The van der Waals surface area contributed by atoms with E-state index >= 15 is 0 Å². The highest BCUT2D eigenvalue weighted by atomic mass is 127. The fourth-order valence-corrected chi connectivity index (χ4v) is 3.18. The Morgan fingerprint density at radius 3 is 2.73 bits per heavy atom. The topological polar surface area (TPSA) is 52.1 Å². The van der Waals surface area contributed by atoms with Gasteiger partial charge in [0.05, 0.1) is 12.7 Å². The van der Waals surface area contributed by atoms with Crippen molar-refractivity contribution >= 4 is 29.9 Å². The first-order valence-electron chi connectivity index (χ1n) is 8.21. The van der Waals surface area contributed by atoms with Gasteiger partial charge < -0.3 is 20.3 Å². The van der Waals surface area contributed by atoms with E-state index in [1.165, 1.54) is 19.4 Å². The van der Waals surface area contributed by atoms with Crippen LogP contribution in [-0.4, -0.2) is 87.9 Å². The molecule has 0 radical (unpaired) electrons. The van der Waals surface area contributed by atoms with Crippen LogP contribution in [0.15, 0.2) is 4.99 Å². The summed E-state index contributed by atoms with van der Waals surface area (Å²) in [7, 11) is 3.97. The molecule has 2 unspecified atom stereocenters. The fraction of sp³-hybridized carbons (Fsp3) is 0.933. The SMILES string of the molecule is CCN1CCCC1CNC(=NC)NCC1CN(C)CCO1.I. The molecule has 130 valence electrons. The second-order valence-electron chi connectivity index (χ2n) is 6.01. The van der Waals surface area contributed by atoms with Crippen molar-refractivity contribution in [1.29, 1.82) is 0 Å². The smallest absolute Gasteiger partial charge is 0.191 e. The number of hydrogen-bond acceptors (Lipinski definition) is 4. The fourth-order valence-electron chi connectivity index (χ4n) is 3.18. The molecule has 22 heavy (non-hydrogen) atoms. The van der Waals surface area contributed by atoms with Crippen molar-refractivity contribution in [3.8, 4) is 0 Å². The molecule has 0 aromatic heterocycles. The maximum absolute atomic E-state index is 5.76. The van der Waals surface area contributed by atoms with E-state index in [9.17, 15) is 0 Å². The summed E-state index contributed by atoms with van der Waals surface area (Å²) in [5.74, 6) is 0.884. The molecule has 2 rings (SSSR count). The molecule has 2 saturated heterocycles. The Balaban J connectivity index is 0.00000242. The van der Waals surface area contributed by atoms with Crippen molar-refractivity contribution in [1.82, 2.24) is 20.4 Å². The first-order chi connectivity index (χ1) is 10.2. The number of halogens is 1. The molecule has 2 fully saturated rings. The maximum Gasteiger partial charge on any atom is 0.191 e. The number of ether oxygens (including phenoxy) is 1. The van der Waals surface area contributed by atoms with Gasteiger partial charge in [0.2, 0.25) is 0 Å². The maximum atomic E-state index is 5.76. The molecule has 2 N–H and O–H groups in total. The van der Waals surface area contributed by atoms with Gasteiger partial charge in [0.25, 0.3) is 0 Å². The highest BCUT2D eigenvalue weighted by Gasteiger charge is 2.23. The highest BCUT2D eigenvalue weighted by Crippen LogP contribution is 2.15. The van der Waals surface area contributed by atoms with Gasteiger partial charge in [-0.1, -0.05) is 6.92 Å². The zero-order valence-electron chi connectivity index (χ0n) is 14.2. The highest BCUT2D eigenvalue weighted by molar-refractivity contribution is 14.0. The minimum Gasteiger partial charge on any atom is -0.374 e. The van der Waals surface area contributed by atoms with Gasteiger partial charge in [-0.05, 0) is 33.0 Å². The van der Waals surface area contributed by atoms with Crippen LogP contribution in [0.1, 0.15) is 19.8 Å². The molecule has 0 aromatic carbocycles. The largest absolute Gasteiger partial charge is 0.374 e. The van der Waals surface area contributed by atoms with Crippen molar-refractivity contribution in [3.63, 3.8) is 0 Å². The van der Waals surface area contributed by atoms with Gasteiger partial charge in [0, 0.05) is 39.3 Å². The molecule has 2 aliphatic rings. The summed E-state index contributed by atoms with van der Waals surface area (Å²) in [5.41, 5.74) is 0. The minimum absolute atomic E-state index is 0. The summed E-state index contributed by atoms with van der Waals surface area (Å²) < 4.78 is 5.76. The molecular formula is C15H32IN5O. The standard InChI is InChI=1S/C15H31N5O.HI/c1-4-20-7-5-6-13(20)10-17-15(16-2)18-11-14-12-19(3)8-9-21-14;/h13-14H,4-12H2,1-3H3,(H2,16,17,18);1H. The molecule has 6 nitrogen and oxygen atoms in total. The molecule has 0 bridgehead atoms. The number of nitrogens with zero attached hydrogens (tertiary/aromatic N) is 3. The van der Waals surface area contributed by atoms with Crippen LogP contribution in [0.4, 0.5) is 0 Å². The monoisotopic (exact) mass is 425 g/mol. The lowest BCUT2D eigenvalue weighted by Gasteiger charge is -2.30. The molecule has 0 saturated carbocycles. The minimum atomic E-state index is 0. The van der Waals surface area contributed by atoms with Gasteiger partial charge in [0.1, 0.15) is 0 Å². The van der Waals surface area contributed by atoms with E-state index in [0.29, 0.717) is 6.04 Å². The predicted molar refractivity (Wildman–Crippen MR) is 102 cm³/mol. The van der Waals surface area contributed by atoms with Crippen LogP contribution in [0.25, 0.3) is 0 Å². The molecule has 7 heteroatoms. The normalized spacial score (nSPS) is 27.5. The lowest BCUT2D eigenvalue weighted by atomic mass is 10.2. The number of likely N-dealkylation sites (N-methyl/N-ethyl adjacent to an activating group) is 2. The number of morpholine rings is 1. The van der Waals surface area contributed by atoms with Crippen LogP contribution in [0.5, 0.6) is 0 Å². The molecule has 0 aliphatic carbocycles. The average Bonchev–Trinajstić information content (AvgIpc) is 2.95. The van der Waals surface area contributed by atoms with Gasteiger partial charge >= 0.3 is 0 Å². The third-order valence-corrected chi connectivity index (χ3v) is 4.47. The third-order valence-electron chi connectivity index (χ3n) is 4.47. The lowest BCUT2D eigenvalue weighted by Crippen LogP contribution is -2.50. The van der Waals surface area contributed by atoms with E-state index in [2.05, 4.69) is 39.4 Å². The van der Waals surface area contributed by atoms with Gasteiger partial charge in [-0.25, -0.2) is 0 Å². The lowest BCUT2D eigenvalue weighted by molar-refractivity contribution is -0.0161. The van der Waals surface area contributed by atoms with Crippen LogP contribution in [0.3, 0.4) is 0 Å². The summed E-state index contributed by atoms with van der Waals surface area (Å²) >= 11 is 0. The van der Waals surface area contributed by atoms with Gasteiger partial charge in [0.15, 0.2) is 5.96 Å². The van der Waals surface area contributed by atoms with Gasteiger partial charge in [-0.2, -0.15) is 0 Å². The number of aliphatic imine (C=N–C) groups is 1. The Morgan fingerprint density at radius 2 is 2.05 bits per heavy atom. The zero-order valence-corrected chi connectivity index (χ0v) is 16.5. The first kappa shape index (κ1) is 19.9. The van der Waals surface area contributed by atoms with Crippen LogP contribution < -0.4 is 10.6 Å². The first-order valence-corrected chi connectivity index (χ1v) is 8.21. The van der Waals surface area contributed by atoms with Gasteiger partial charge in [-0.15, -0.1) is 24.0 Å². The summed E-state index contributed by atoms with van der Waals surface area (Å²) in [4.78, 5) is 9.16. The van der Waals surface area contributed by atoms with Crippen molar-refractivity contribution in [2.45, 2.75) is 31.9 Å². The van der Waals surface area contributed by atoms with Crippen molar-refractivity contribution < 1.29 is 4.74 Å². The van der Waals surface area contributed by atoms with Crippen LogP contribution in [-0.2, 0) is 4.74 Å². The number of likely N-dealkylation sites (tertiary alicyclic amines) is 1. The molecular weight excluding hydrogens is 393 g/mol. The molecule has 0 amide bonds. The zero-order chi connectivity index (χ0) is 15.1. The predicted octanol–water partition coefficient (Wildman–Crippen LogP) is 0.584. The van der Waals surface area contributed by atoms with E-state index in [-0.39, 0.29) is 30.1 Å². The molecule has 2 heterocycles. The quantitative estimate of drug-likeness (QED) is 0.384. The second kappa shape index (κ2) is 10.6. The Labute approximate surface area is 152 Å². The van der Waals surface area contributed by atoms with Crippen molar-refractivity contribution in [2.24, 2.45) is 4.99 Å². The van der Waals surface area contributed by atoms with Gasteiger partial charge in [-0.3, -0.25) is 9.89 Å². The van der Waals surface area contributed by atoms with Crippen molar-refractivity contribution in [2.75, 3.05) is 60.0 Å². The summed E-state index contributed by atoms with van der Waals surface area (Å²) in [6, 6.07) is 0.644. The molecule has 0 spiro atoms. The Kier molecular flexibility index (Phi) is 9.62. The Hall–Kier alpha value is -0.120. The number of nitrogens with one attached hydrogen (secondary N) is 2. The Morgan fingerprint density at radius 1 is 1.27 bits per heavy atom. The van der Waals surface area contributed by atoms with E-state index in [1.54, 1.807) is 0 Å². The number of guanidine groups is 1. The van der Waals surface area contributed by atoms with E-state index in [1.807, 2.05) is 7.05 Å². The second-order valence-corrected chi connectivity index (χ2v) is 6.01. The number of hydrogen-bond donors (Lipinski definition) is 2. The van der Waals surface area contributed by atoms with Crippen molar-refractivity contribution in [3.05, 3.63) is 0 Å². The Bertz CT molecular complexity index is 342. The third kappa shape index (κ3) is 6.17. The van der Waals surface area contributed by atoms with Crippen LogP contribution >= 0.6 is 24.0 Å². The molecule has 2 atom stereocenters. The van der Waals surface area contributed by atoms with E-state index < -0.39 is 0 Å². The summed E-state index contributed by atoms with van der Waals surface area (Å²) in [6.07, 6.45) is 2.85.